The largest absolute Gasteiger partial charge is 0.481 e. The van der Waals surface area contributed by atoms with E-state index in [2.05, 4.69) is 9.88 Å². The highest BCUT2D eigenvalue weighted by atomic mass is 16.4. The molecule has 1 aromatic rings. The van der Waals surface area contributed by atoms with Gasteiger partial charge < -0.3 is 10.0 Å². The Labute approximate surface area is 118 Å². The van der Waals surface area contributed by atoms with Crippen molar-refractivity contribution in [2.45, 2.75) is 32.6 Å². The quantitative estimate of drug-likeness (QED) is 0.911. The van der Waals surface area contributed by atoms with Crippen molar-refractivity contribution in [2.75, 3.05) is 18.0 Å². The van der Waals surface area contributed by atoms with Crippen molar-refractivity contribution in [3.8, 4) is 6.07 Å². The van der Waals surface area contributed by atoms with Crippen LogP contribution < -0.4 is 4.90 Å². The molecule has 1 fully saturated rings. The van der Waals surface area contributed by atoms with Gasteiger partial charge in [-0.1, -0.05) is 13.3 Å². The van der Waals surface area contributed by atoms with E-state index in [1.54, 1.807) is 12.3 Å². The Kier molecular flexibility index (Phi) is 4.23. The van der Waals surface area contributed by atoms with Gasteiger partial charge in [0.05, 0.1) is 5.41 Å². The number of carboxylic acids is 1. The Balaban J connectivity index is 2.10. The van der Waals surface area contributed by atoms with Crippen molar-refractivity contribution >= 4 is 11.7 Å². The molecule has 0 spiro atoms. The molecule has 2 rings (SSSR count). The van der Waals surface area contributed by atoms with Crippen molar-refractivity contribution in [1.82, 2.24) is 4.98 Å². The molecule has 0 aliphatic carbocycles. The molecule has 5 nitrogen and oxygen atoms in total. The number of aliphatic carboxylic acids is 1. The Hall–Kier alpha value is -2.09. The molecule has 0 unspecified atom stereocenters. The van der Waals surface area contributed by atoms with E-state index in [1.165, 1.54) is 0 Å². The van der Waals surface area contributed by atoms with E-state index in [0.717, 1.165) is 18.5 Å². The second kappa shape index (κ2) is 5.91. The first-order chi connectivity index (χ1) is 9.61. The predicted octanol–water partition coefficient (Wildman–Crippen LogP) is 2.42. The Morgan fingerprint density at radius 1 is 1.55 bits per heavy atom. The lowest BCUT2D eigenvalue weighted by atomic mass is 9.75. The molecule has 1 aliphatic heterocycles. The number of piperidine rings is 1. The Morgan fingerprint density at radius 3 is 2.80 bits per heavy atom. The fourth-order valence-electron chi connectivity index (χ4n) is 2.92. The van der Waals surface area contributed by atoms with Gasteiger partial charge in [-0.3, -0.25) is 4.79 Å². The van der Waals surface area contributed by atoms with E-state index in [-0.39, 0.29) is 0 Å². The summed E-state index contributed by atoms with van der Waals surface area (Å²) in [6.07, 6.45) is 4.55. The minimum Gasteiger partial charge on any atom is -0.481 e. The first-order valence-corrected chi connectivity index (χ1v) is 6.96. The standard InChI is InChI=1S/C15H19N3O2/c1-2-4-15(14(19)20)5-8-18(9-6-15)13-3-7-17-12(10-13)11-16/h3,7,10H,2,4-6,8-9H2,1H3,(H,19,20). The number of rotatable bonds is 4. The number of pyridine rings is 1. The maximum absolute atomic E-state index is 11.5. The Bertz CT molecular complexity index is 528. The lowest BCUT2D eigenvalue weighted by Gasteiger charge is -2.39. The summed E-state index contributed by atoms with van der Waals surface area (Å²) >= 11 is 0. The van der Waals surface area contributed by atoms with Gasteiger partial charge in [0.15, 0.2) is 0 Å². The number of nitriles is 1. The van der Waals surface area contributed by atoms with Crippen LogP contribution in [0.4, 0.5) is 5.69 Å². The van der Waals surface area contributed by atoms with Gasteiger partial charge in [-0.25, -0.2) is 4.98 Å². The van der Waals surface area contributed by atoms with Crippen LogP contribution in [0.5, 0.6) is 0 Å². The van der Waals surface area contributed by atoms with Crippen LogP contribution in [0.2, 0.25) is 0 Å². The smallest absolute Gasteiger partial charge is 0.309 e. The van der Waals surface area contributed by atoms with E-state index >= 15 is 0 Å². The van der Waals surface area contributed by atoms with Crippen LogP contribution in [0, 0.1) is 16.7 Å². The minimum atomic E-state index is -0.675. The summed E-state index contributed by atoms with van der Waals surface area (Å²) in [4.78, 5) is 17.6. The molecule has 0 saturated carbocycles. The molecule has 106 valence electrons. The molecule has 0 bridgehead atoms. The van der Waals surface area contributed by atoms with Gasteiger partial charge in [-0.2, -0.15) is 5.26 Å². The van der Waals surface area contributed by atoms with E-state index in [4.69, 9.17) is 5.26 Å². The third-order valence-corrected chi connectivity index (χ3v) is 4.13. The fraction of sp³-hybridized carbons (Fsp3) is 0.533. The molecule has 20 heavy (non-hydrogen) atoms. The van der Waals surface area contributed by atoms with Gasteiger partial charge in [0.1, 0.15) is 11.8 Å². The number of carbonyl (C=O) groups is 1. The summed E-state index contributed by atoms with van der Waals surface area (Å²) in [5.74, 6) is -0.675. The summed E-state index contributed by atoms with van der Waals surface area (Å²) in [7, 11) is 0. The zero-order chi connectivity index (χ0) is 14.6. The van der Waals surface area contributed by atoms with Gasteiger partial charge in [0.2, 0.25) is 0 Å². The van der Waals surface area contributed by atoms with Gasteiger partial charge in [-0.05, 0) is 31.4 Å². The van der Waals surface area contributed by atoms with Crippen molar-refractivity contribution in [3.05, 3.63) is 24.0 Å². The Morgan fingerprint density at radius 2 is 2.25 bits per heavy atom. The zero-order valence-corrected chi connectivity index (χ0v) is 11.7. The fourth-order valence-corrected chi connectivity index (χ4v) is 2.92. The summed E-state index contributed by atoms with van der Waals surface area (Å²) < 4.78 is 0. The molecule has 2 heterocycles. The van der Waals surface area contributed by atoms with Crippen LogP contribution in [-0.2, 0) is 4.79 Å². The molecule has 0 atom stereocenters. The number of hydrogen-bond acceptors (Lipinski definition) is 4. The molecule has 1 saturated heterocycles. The normalized spacial score (nSPS) is 17.5. The summed E-state index contributed by atoms with van der Waals surface area (Å²) in [5, 5.41) is 18.4. The first-order valence-electron chi connectivity index (χ1n) is 6.96. The first kappa shape index (κ1) is 14.3. The average Bonchev–Trinajstić information content (AvgIpc) is 2.48. The number of carboxylic acid groups (broad SMARTS) is 1. The molecule has 1 aliphatic rings. The van der Waals surface area contributed by atoms with Crippen LogP contribution in [0.15, 0.2) is 18.3 Å². The van der Waals surface area contributed by atoms with Crippen molar-refractivity contribution < 1.29 is 9.90 Å². The number of hydrogen-bond donors (Lipinski definition) is 1. The molecular formula is C15H19N3O2. The lowest BCUT2D eigenvalue weighted by Crippen LogP contribution is -2.44. The third-order valence-electron chi connectivity index (χ3n) is 4.13. The van der Waals surface area contributed by atoms with Crippen LogP contribution in [0.25, 0.3) is 0 Å². The number of aromatic nitrogens is 1. The molecule has 1 N–H and O–H groups in total. The number of nitrogens with zero attached hydrogens (tertiary/aromatic N) is 3. The highest BCUT2D eigenvalue weighted by Gasteiger charge is 2.40. The maximum atomic E-state index is 11.5. The van der Waals surface area contributed by atoms with Crippen LogP contribution in [0.1, 0.15) is 38.3 Å². The molecule has 1 aromatic heterocycles. The van der Waals surface area contributed by atoms with Crippen molar-refractivity contribution in [1.29, 1.82) is 5.26 Å². The second-order valence-electron chi connectivity index (χ2n) is 5.33. The molecule has 0 radical (unpaired) electrons. The van der Waals surface area contributed by atoms with Crippen molar-refractivity contribution in [2.24, 2.45) is 5.41 Å². The monoisotopic (exact) mass is 273 g/mol. The summed E-state index contributed by atoms with van der Waals surface area (Å²) in [6.45, 7) is 3.45. The van der Waals surface area contributed by atoms with E-state index < -0.39 is 11.4 Å². The SMILES string of the molecule is CCCC1(C(=O)O)CCN(c2ccnc(C#N)c2)CC1. The molecular weight excluding hydrogens is 254 g/mol. The van der Waals surface area contributed by atoms with E-state index in [1.807, 2.05) is 19.1 Å². The maximum Gasteiger partial charge on any atom is 0.309 e. The van der Waals surface area contributed by atoms with E-state index in [0.29, 0.717) is 31.6 Å². The highest BCUT2D eigenvalue weighted by Crippen LogP contribution is 2.37. The predicted molar refractivity (Wildman–Crippen MR) is 75.4 cm³/mol. The third kappa shape index (κ3) is 2.74. The van der Waals surface area contributed by atoms with Gasteiger partial charge >= 0.3 is 5.97 Å². The summed E-state index contributed by atoms with van der Waals surface area (Å²) in [6, 6.07) is 5.66. The minimum absolute atomic E-state index is 0.395. The molecule has 0 amide bonds. The topological polar surface area (TPSA) is 77.2 Å². The van der Waals surface area contributed by atoms with Gasteiger partial charge in [0.25, 0.3) is 0 Å². The van der Waals surface area contributed by atoms with Crippen molar-refractivity contribution in [3.63, 3.8) is 0 Å². The molecule has 5 heteroatoms. The zero-order valence-electron chi connectivity index (χ0n) is 11.7. The number of anilines is 1. The van der Waals surface area contributed by atoms with Gasteiger partial charge in [0, 0.05) is 25.0 Å². The second-order valence-corrected chi connectivity index (χ2v) is 5.33. The van der Waals surface area contributed by atoms with Crippen LogP contribution in [0.3, 0.4) is 0 Å². The van der Waals surface area contributed by atoms with Crippen LogP contribution in [-0.4, -0.2) is 29.1 Å². The average molecular weight is 273 g/mol. The van der Waals surface area contributed by atoms with E-state index in [9.17, 15) is 9.90 Å². The van der Waals surface area contributed by atoms with Gasteiger partial charge in [-0.15, -0.1) is 0 Å². The summed E-state index contributed by atoms with van der Waals surface area (Å²) in [5.41, 5.74) is 0.772. The van der Waals surface area contributed by atoms with Crippen LogP contribution >= 0.6 is 0 Å². The highest BCUT2D eigenvalue weighted by molar-refractivity contribution is 5.75. The lowest BCUT2D eigenvalue weighted by molar-refractivity contribution is -0.150. The molecule has 0 aromatic carbocycles.